The van der Waals surface area contributed by atoms with Crippen molar-refractivity contribution < 1.29 is 32.2 Å². The Morgan fingerprint density at radius 3 is 2.58 bits per heavy atom. The van der Waals surface area contributed by atoms with Crippen molar-refractivity contribution in [1.82, 2.24) is 4.57 Å². The molecule has 3 heterocycles. The average molecular weight is 544 g/mol. The van der Waals surface area contributed by atoms with E-state index in [1.165, 1.54) is 31.4 Å². The van der Waals surface area contributed by atoms with Crippen LogP contribution >= 0.6 is 11.8 Å². The number of pyridine rings is 1. The van der Waals surface area contributed by atoms with Crippen molar-refractivity contribution in [2.24, 2.45) is 0 Å². The predicted octanol–water partition coefficient (Wildman–Crippen LogP) is 5.17. The van der Waals surface area contributed by atoms with Crippen LogP contribution in [0.1, 0.15) is 22.7 Å². The third-order valence-corrected chi connectivity index (χ3v) is 7.60. The maximum atomic E-state index is 13.5. The molecule has 4 aromatic rings. The van der Waals surface area contributed by atoms with Crippen LogP contribution in [0.15, 0.2) is 73.6 Å². The highest BCUT2D eigenvalue weighted by atomic mass is 32.2. The smallest absolute Gasteiger partial charge is 0.416 e. The zero-order valence-corrected chi connectivity index (χ0v) is 20.7. The van der Waals surface area contributed by atoms with E-state index in [-0.39, 0.29) is 24.2 Å². The molecule has 0 saturated heterocycles. The van der Waals surface area contributed by atoms with Gasteiger partial charge >= 0.3 is 17.8 Å². The molecule has 0 radical (unpaired) electrons. The summed E-state index contributed by atoms with van der Waals surface area (Å²) in [5, 5.41) is 10.6. The zero-order chi connectivity index (χ0) is 27.2. The Kier molecular flexibility index (Phi) is 6.56. The van der Waals surface area contributed by atoms with E-state index < -0.39 is 34.9 Å². The predicted molar refractivity (Wildman–Crippen MR) is 135 cm³/mol. The molecule has 0 spiro atoms. The lowest BCUT2D eigenvalue weighted by molar-refractivity contribution is -0.140. The van der Waals surface area contributed by atoms with Crippen molar-refractivity contribution in [2.45, 2.75) is 30.1 Å². The third-order valence-electron chi connectivity index (χ3n) is 6.44. The minimum atomic E-state index is -4.58. The monoisotopic (exact) mass is 543 g/mol. The molecule has 0 saturated carbocycles. The van der Waals surface area contributed by atoms with Gasteiger partial charge in [-0.2, -0.15) is 13.2 Å². The van der Waals surface area contributed by atoms with Crippen molar-refractivity contribution in [2.75, 3.05) is 12.9 Å². The van der Waals surface area contributed by atoms with E-state index in [9.17, 15) is 32.7 Å². The molecule has 196 valence electrons. The first-order valence-corrected chi connectivity index (χ1v) is 12.5. The van der Waals surface area contributed by atoms with E-state index in [2.05, 4.69) is 0 Å². The highest BCUT2D eigenvalue weighted by molar-refractivity contribution is 7.99. The second-order valence-electron chi connectivity index (χ2n) is 8.75. The quantitative estimate of drug-likeness (QED) is 0.335. The Bertz CT molecular complexity index is 1690. The second kappa shape index (κ2) is 9.71. The lowest BCUT2D eigenvalue weighted by atomic mass is 9.94. The molecular weight excluding hydrogens is 523 g/mol. The number of aromatic nitrogens is 1. The molecule has 1 aliphatic rings. The fourth-order valence-corrected chi connectivity index (χ4v) is 6.03. The molecule has 11 heteroatoms. The van der Waals surface area contributed by atoms with Gasteiger partial charge in [0.1, 0.15) is 17.4 Å². The Morgan fingerprint density at radius 2 is 1.87 bits per heavy atom. The largest absolute Gasteiger partial charge is 0.497 e. The number of nitrogens with zero attached hydrogens (tertiary/aromatic N) is 1. The van der Waals surface area contributed by atoms with Crippen LogP contribution in [-0.4, -0.2) is 28.5 Å². The molecular formula is C27H20F3NO6S. The van der Waals surface area contributed by atoms with Gasteiger partial charge in [-0.25, -0.2) is 9.59 Å². The van der Waals surface area contributed by atoms with Crippen LogP contribution in [0.25, 0.3) is 22.1 Å². The first-order valence-electron chi connectivity index (χ1n) is 11.5. The number of methoxy groups -OCH3 is 1. The van der Waals surface area contributed by atoms with Gasteiger partial charge in [0.15, 0.2) is 0 Å². The number of ether oxygens (including phenoxy) is 1. The number of rotatable bonds is 6. The molecule has 0 fully saturated rings. The van der Waals surface area contributed by atoms with Gasteiger partial charge in [-0.1, -0.05) is 12.1 Å². The number of aliphatic carboxylic acids is 1. The van der Waals surface area contributed by atoms with Gasteiger partial charge < -0.3 is 14.3 Å². The van der Waals surface area contributed by atoms with Crippen LogP contribution in [0.4, 0.5) is 13.2 Å². The lowest BCUT2D eigenvalue weighted by Crippen LogP contribution is -2.29. The Balaban J connectivity index is 1.64. The Labute approximate surface area is 217 Å². The highest BCUT2D eigenvalue weighted by Gasteiger charge is 2.34. The van der Waals surface area contributed by atoms with E-state index >= 15 is 0 Å². The maximum absolute atomic E-state index is 13.5. The fourth-order valence-electron chi connectivity index (χ4n) is 4.67. The molecule has 2 aromatic heterocycles. The van der Waals surface area contributed by atoms with Gasteiger partial charge in [0.2, 0.25) is 0 Å². The van der Waals surface area contributed by atoms with E-state index in [4.69, 9.17) is 9.15 Å². The number of halogens is 3. The van der Waals surface area contributed by atoms with Gasteiger partial charge in [-0.3, -0.25) is 9.36 Å². The van der Waals surface area contributed by atoms with Crippen LogP contribution < -0.4 is 15.9 Å². The summed E-state index contributed by atoms with van der Waals surface area (Å²) in [6, 6.07) is 11.3. The summed E-state index contributed by atoms with van der Waals surface area (Å²) < 4.78 is 52.2. The van der Waals surface area contributed by atoms with Crippen molar-refractivity contribution >= 4 is 28.7 Å². The molecule has 1 aliphatic heterocycles. The molecule has 0 aliphatic carbocycles. The Hall–Kier alpha value is -3.99. The zero-order valence-electron chi connectivity index (χ0n) is 19.9. The SMILES string of the molecule is COc1ccc2c(CCc3cc(=O)n4c(c3-c3cccc(C(F)(F)F)c3)SC[C@H]4C(=O)O)cc(=O)oc2c1. The summed E-state index contributed by atoms with van der Waals surface area (Å²) >= 11 is 1.12. The standard InChI is InChI=1S/C27H20F3NO6S/c1-36-18-7-8-19-14(11-23(33)37-21(19)12-18)5-6-16-10-22(32)31-20(26(34)35)13-38-25(31)24(16)15-3-2-4-17(9-15)27(28,29)30/h2-4,7-12,20H,5-6,13H2,1H3,(H,34,35)/t20-/m0/s1. The number of carboxylic acids is 1. The van der Waals surface area contributed by atoms with Crippen LogP contribution in [0, 0.1) is 0 Å². The number of fused-ring (bicyclic) bond motifs is 2. The summed E-state index contributed by atoms with van der Waals surface area (Å²) in [5.41, 5.74) is 0.0124. The van der Waals surface area contributed by atoms with E-state index in [0.29, 0.717) is 38.4 Å². The molecule has 2 aromatic carbocycles. The van der Waals surface area contributed by atoms with Crippen LogP contribution in [0.2, 0.25) is 0 Å². The van der Waals surface area contributed by atoms with Gasteiger partial charge in [-0.15, -0.1) is 11.8 Å². The van der Waals surface area contributed by atoms with Gasteiger partial charge in [0.05, 0.1) is 17.7 Å². The molecule has 0 amide bonds. The number of alkyl halides is 3. The molecule has 0 bridgehead atoms. The van der Waals surface area contributed by atoms with E-state index in [0.717, 1.165) is 28.5 Å². The maximum Gasteiger partial charge on any atom is 0.416 e. The topological polar surface area (TPSA) is 98.7 Å². The van der Waals surface area contributed by atoms with Gasteiger partial charge in [-0.05, 0) is 53.8 Å². The normalized spacial score (nSPS) is 15.0. The van der Waals surface area contributed by atoms with Crippen LogP contribution in [-0.2, 0) is 23.8 Å². The first kappa shape index (κ1) is 25.7. The number of carbonyl (C=O) groups is 1. The number of thioether (sulfide) groups is 1. The number of hydrogen-bond donors (Lipinski definition) is 1. The van der Waals surface area contributed by atoms with Crippen LogP contribution in [0.3, 0.4) is 0 Å². The average Bonchev–Trinajstić information content (AvgIpc) is 3.32. The fraction of sp³-hybridized carbons (Fsp3) is 0.222. The summed E-state index contributed by atoms with van der Waals surface area (Å²) in [6.45, 7) is 0. The molecule has 7 nitrogen and oxygen atoms in total. The highest BCUT2D eigenvalue weighted by Crippen LogP contribution is 2.42. The van der Waals surface area contributed by atoms with Gasteiger partial charge in [0, 0.05) is 34.9 Å². The molecule has 38 heavy (non-hydrogen) atoms. The minimum absolute atomic E-state index is 0.0756. The number of benzene rings is 2. The lowest BCUT2D eigenvalue weighted by Gasteiger charge is -2.18. The van der Waals surface area contributed by atoms with Crippen molar-refractivity contribution in [3.05, 3.63) is 92.1 Å². The third kappa shape index (κ3) is 4.69. The van der Waals surface area contributed by atoms with Crippen molar-refractivity contribution in [1.29, 1.82) is 0 Å². The Morgan fingerprint density at radius 1 is 1.11 bits per heavy atom. The summed E-state index contributed by atoms with van der Waals surface area (Å²) in [6.07, 6.45) is -4.10. The minimum Gasteiger partial charge on any atom is -0.497 e. The number of carboxylic acid groups (broad SMARTS) is 1. The molecule has 1 atom stereocenters. The van der Waals surface area contributed by atoms with Crippen LogP contribution in [0.5, 0.6) is 5.75 Å². The summed E-state index contributed by atoms with van der Waals surface area (Å²) in [5.74, 6) is -0.619. The van der Waals surface area contributed by atoms with Crippen molar-refractivity contribution in [3.8, 4) is 16.9 Å². The molecule has 0 unspecified atom stereocenters. The van der Waals surface area contributed by atoms with E-state index in [1.807, 2.05) is 0 Å². The number of aryl methyl sites for hydroxylation is 2. The van der Waals surface area contributed by atoms with E-state index in [1.54, 1.807) is 18.2 Å². The molecule has 1 N–H and O–H groups in total. The molecule has 5 rings (SSSR count). The summed E-state index contributed by atoms with van der Waals surface area (Å²) in [7, 11) is 1.48. The summed E-state index contributed by atoms with van der Waals surface area (Å²) in [4.78, 5) is 37.0. The second-order valence-corrected chi connectivity index (χ2v) is 9.76. The van der Waals surface area contributed by atoms with Crippen molar-refractivity contribution in [3.63, 3.8) is 0 Å². The number of hydrogen-bond acceptors (Lipinski definition) is 6. The van der Waals surface area contributed by atoms with Gasteiger partial charge in [0.25, 0.3) is 5.56 Å². The first-order chi connectivity index (χ1) is 18.1.